The lowest BCUT2D eigenvalue weighted by Gasteiger charge is -2.07. The number of nitrogens with zero attached hydrogens (tertiary/aromatic N) is 1. The number of rotatable bonds is 6. The molecule has 126 valence electrons. The quantitative estimate of drug-likeness (QED) is 0.679. The molecule has 0 radical (unpaired) electrons. The maximum atomic E-state index is 11.9. The number of nitrogens with one attached hydrogen (secondary N) is 2. The third-order valence-corrected chi connectivity index (χ3v) is 4.91. The number of carbonyl (C=O) groups excluding carboxylic acids is 2. The number of aromatic nitrogens is 1. The Morgan fingerprint density at radius 3 is 2.46 bits per heavy atom. The average Bonchev–Trinajstić information content (AvgIpc) is 2.51. The molecule has 2 N–H and O–H groups in total. The molecule has 0 unspecified atom stereocenters. The van der Waals surface area contributed by atoms with Gasteiger partial charge in [0.15, 0.2) is 0 Å². The van der Waals surface area contributed by atoms with Crippen LogP contribution in [0.1, 0.15) is 5.56 Å². The maximum Gasteiger partial charge on any atom is 0.234 e. The van der Waals surface area contributed by atoms with E-state index in [9.17, 15) is 9.59 Å². The lowest BCUT2D eigenvalue weighted by molar-refractivity contribution is -0.114. The lowest BCUT2D eigenvalue weighted by Crippen LogP contribution is -2.18. The molecule has 0 saturated carbocycles. The molecule has 0 aliphatic carbocycles. The van der Waals surface area contributed by atoms with Crippen LogP contribution in [-0.2, 0) is 9.59 Å². The smallest absolute Gasteiger partial charge is 0.234 e. The second-order valence-corrected chi connectivity index (χ2v) is 7.15. The molecule has 0 atom stereocenters. The molecule has 0 bridgehead atoms. The first-order chi connectivity index (χ1) is 11.4. The van der Waals surface area contributed by atoms with Gasteiger partial charge in [-0.25, -0.2) is 4.98 Å². The predicted octanol–water partition coefficient (Wildman–Crippen LogP) is 4.12. The van der Waals surface area contributed by atoms with Gasteiger partial charge in [-0.15, -0.1) is 11.8 Å². The molecule has 1 heterocycles. The summed E-state index contributed by atoms with van der Waals surface area (Å²) < 4.78 is 0.604. The third kappa shape index (κ3) is 6.14. The first-order valence-corrected chi connectivity index (χ1v) is 9.32. The minimum absolute atomic E-state index is 0.144. The molecule has 2 amide bonds. The van der Waals surface area contributed by atoms with Gasteiger partial charge in [-0.1, -0.05) is 23.7 Å². The highest BCUT2D eigenvalue weighted by molar-refractivity contribution is 9.10. The van der Waals surface area contributed by atoms with E-state index in [-0.39, 0.29) is 23.3 Å². The van der Waals surface area contributed by atoms with Gasteiger partial charge in [0, 0.05) is 5.69 Å². The Morgan fingerprint density at radius 2 is 1.83 bits per heavy atom. The van der Waals surface area contributed by atoms with E-state index >= 15 is 0 Å². The van der Waals surface area contributed by atoms with E-state index in [4.69, 9.17) is 11.6 Å². The van der Waals surface area contributed by atoms with E-state index in [1.54, 1.807) is 6.07 Å². The summed E-state index contributed by atoms with van der Waals surface area (Å²) in [6, 6.07) is 9.22. The molecule has 0 spiro atoms. The van der Waals surface area contributed by atoms with Crippen LogP contribution in [0.15, 0.2) is 41.0 Å². The van der Waals surface area contributed by atoms with Gasteiger partial charge in [0.2, 0.25) is 11.8 Å². The van der Waals surface area contributed by atoms with Crippen LogP contribution in [0.5, 0.6) is 0 Å². The predicted molar refractivity (Wildman–Crippen MR) is 103 cm³/mol. The van der Waals surface area contributed by atoms with Gasteiger partial charge in [-0.3, -0.25) is 9.59 Å². The summed E-state index contributed by atoms with van der Waals surface area (Å²) in [6.45, 7) is 1.96. The van der Waals surface area contributed by atoms with Crippen molar-refractivity contribution in [2.75, 3.05) is 22.1 Å². The molecule has 0 saturated heterocycles. The highest BCUT2D eigenvalue weighted by Gasteiger charge is 2.08. The van der Waals surface area contributed by atoms with Crippen LogP contribution in [0, 0.1) is 6.92 Å². The fraction of sp³-hybridized carbons (Fsp3) is 0.188. The first kappa shape index (κ1) is 18.8. The van der Waals surface area contributed by atoms with Crippen LogP contribution in [-0.4, -0.2) is 28.3 Å². The van der Waals surface area contributed by atoms with Crippen molar-refractivity contribution in [1.29, 1.82) is 0 Å². The number of benzene rings is 1. The second kappa shape index (κ2) is 9.05. The number of halogens is 2. The fourth-order valence-corrected chi connectivity index (χ4v) is 2.91. The molecule has 0 fully saturated rings. The summed E-state index contributed by atoms with van der Waals surface area (Å²) in [5, 5.41) is 5.82. The van der Waals surface area contributed by atoms with E-state index < -0.39 is 0 Å². The minimum Gasteiger partial charge on any atom is -0.325 e. The van der Waals surface area contributed by atoms with Crippen molar-refractivity contribution in [3.8, 4) is 0 Å². The average molecular weight is 429 g/mol. The Hall–Kier alpha value is -1.57. The molecule has 8 heteroatoms. The number of hydrogen-bond acceptors (Lipinski definition) is 4. The summed E-state index contributed by atoms with van der Waals surface area (Å²) in [5.41, 5.74) is 2.37. The largest absolute Gasteiger partial charge is 0.325 e. The molecular weight excluding hydrogens is 414 g/mol. The fourth-order valence-electron chi connectivity index (χ4n) is 1.84. The van der Waals surface area contributed by atoms with E-state index in [0.29, 0.717) is 15.3 Å². The van der Waals surface area contributed by atoms with Crippen LogP contribution >= 0.6 is 39.3 Å². The van der Waals surface area contributed by atoms with Crippen LogP contribution < -0.4 is 10.6 Å². The maximum absolute atomic E-state index is 11.9. The summed E-state index contributed by atoms with van der Waals surface area (Å²) in [4.78, 5) is 27.6. The van der Waals surface area contributed by atoms with Crippen molar-refractivity contribution in [1.82, 2.24) is 4.98 Å². The zero-order valence-corrected chi connectivity index (χ0v) is 16.0. The van der Waals surface area contributed by atoms with E-state index in [0.717, 1.165) is 11.3 Å². The second-order valence-electron chi connectivity index (χ2n) is 4.96. The lowest BCUT2D eigenvalue weighted by atomic mass is 10.2. The van der Waals surface area contributed by atoms with Gasteiger partial charge in [-0.05, 0) is 46.6 Å². The zero-order valence-electron chi connectivity index (χ0n) is 12.8. The third-order valence-electron chi connectivity index (χ3n) is 2.85. The first-order valence-electron chi connectivity index (χ1n) is 6.99. The van der Waals surface area contributed by atoms with Gasteiger partial charge in [-0.2, -0.15) is 0 Å². The standard InChI is InChI=1S/C16H15BrClN3O2S/c1-10-3-2-4-11(5-10)20-14(22)8-24-9-15(23)21-12-6-13(17)16(18)19-7-12/h2-7H,8-9H2,1H3,(H,20,22)(H,21,23). The van der Waals surface area contributed by atoms with Gasteiger partial charge < -0.3 is 10.6 Å². The topological polar surface area (TPSA) is 71.1 Å². The van der Waals surface area contributed by atoms with Crippen molar-refractivity contribution in [3.63, 3.8) is 0 Å². The monoisotopic (exact) mass is 427 g/mol. The normalized spacial score (nSPS) is 10.3. The SMILES string of the molecule is Cc1cccc(NC(=O)CSCC(=O)Nc2cnc(Cl)c(Br)c2)c1. The van der Waals surface area contributed by atoms with Crippen LogP contribution in [0.3, 0.4) is 0 Å². The molecule has 0 aliphatic heterocycles. The van der Waals surface area contributed by atoms with Crippen LogP contribution in [0.4, 0.5) is 11.4 Å². The summed E-state index contributed by atoms with van der Waals surface area (Å²) >= 11 is 10.3. The number of aryl methyl sites for hydroxylation is 1. The summed E-state index contributed by atoms with van der Waals surface area (Å²) in [5.74, 6) is 0.0134. The molecule has 5 nitrogen and oxygen atoms in total. The number of hydrogen-bond donors (Lipinski definition) is 2. The zero-order chi connectivity index (χ0) is 17.5. The highest BCUT2D eigenvalue weighted by Crippen LogP contribution is 2.22. The van der Waals surface area contributed by atoms with Crippen LogP contribution in [0.2, 0.25) is 5.15 Å². The summed E-state index contributed by atoms with van der Waals surface area (Å²) in [7, 11) is 0. The van der Waals surface area contributed by atoms with Crippen molar-refractivity contribution < 1.29 is 9.59 Å². The summed E-state index contributed by atoms with van der Waals surface area (Å²) in [6.07, 6.45) is 1.47. The number of amides is 2. The Bertz CT molecular complexity index is 758. The Morgan fingerprint density at radius 1 is 1.17 bits per heavy atom. The van der Waals surface area contributed by atoms with Crippen molar-refractivity contribution in [2.24, 2.45) is 0 Å². The van der Waals surface area contributed by atoms with Crippen molar-refractivity contribution >= 4 is 62.5 Å². The molecule has 24 heavy (non-hydrogen) atoms. The molecule has 0 aliphatic rings. The molecule has 2 rings (SSSR count). The van der Waals surface area contributed by atoms with E-state index in [1.165, 1.54) is 18.0 Å². The Kier molecular flexibility index (Phi) is 7.08. The van der Waals surface area contributed by atoms with E-state index in [1.807, 2.05) is 31.2 Å². The number of thioether (sulfide) groups is 1. The van der Waals surface area contributed by atoms with Gasteiger partial charge >= 0.3 is 0 Å². The van der Waals surface area contributed by atoms with Crippen LogP contribution in [0.25, 0.3) is 0 Å². The van der Waals surface area contributed by atoms with Gasteiger partial charge in [0.25, 0.3) is 0 Å². The molecular formula is C16H15BrClN3O2S. The number of carbonyl (C=O) groups is 2. The molecule has 1 aromatic carbocycles. The minimum atomic E-state index is -0.209. The Labute approximate surface area is 157 Å². The molecule has 2 aromatic rings. The number of anilines is 2. The van der Waals surface area contributed by atoms with E-state index in [2.05, 4.69) is 31.5 Å². The van der Waals surface area contributed by atoms with Gasteiger partial charge in [0.05, 0.1) is 27.9 Å². The Balaban J connectivity index is 1.73. The van der Waals surface area contributed by atoms with Crippen molar-refractivity contribution in [2.45, 2.75) is 6.92 Å². The number of pyridine rings is 1. The van der Waals surface area contributed by atoms with Gasteiger partial charge in [0.1, 0.15) is 5.15 Å². The molecule has 1 aromatic heterocycles. The highest BCUT2D eigenvalue weighted by atomic mass is 79.9. The van der Waals surface area contributed by atoms with Crippen molar-refractivity contribution in [3.05, 3.63) is 51.7 Å².